The van der Waals surface area contributed by atoms with Crippen LogP contribution in [0.25, 0.3) is 0 Å². The van der Waals surface area contributed by atoms with Crippen molar-refractivity contribution in [2.24, 2.45) is 11.8 Å². The molecule has 0 aromatic rings. The Labute approximate surface area is 105 Å². The predicted molar refractivity (Wildman–Crippen MR) is 69.8 cm³/mol. The summed E-state index contributed by atoms with van der Waals surface area (Å²) in [4.78, 5) is 9.79. The summed E-state index contributed by atoms with van der Waals surface area (Å²) in [5.41, 5.74) is -1.39. The Kier molecular flexibility index (Phi) is 5.43. The van der Waals surface area contributed by atoms with Gasteiger partial charge >= 0.3 is 7.82 Å². The van der Waals surface area contributed by atoms with Crippen LogP contribution in [0.1, 0.15) is 55.4 Å². The lowest BCUT2D eigenvalue weighted by Gasteiger charge is -2.35. The third-order valence-electron chi connectivity index (χ3n) is 3.48. The highest BCUT2D eigenvalue weighted by molar-refractivity contribution is 7.47. The first-order valence-corrected chi connectivity index (χ1v) is 7.54. The Morgan fingerprint density at radius 3 is 1.29 bits per heavy atom. The Morgan fingerprint density at radius 1 is 0.882 bits per heavy atom. The maximum Gasteiger partial charge on any atom is 0.473 e. The molecular weight excluding hydrogens is 239 g/mol. The fourth-order valence-electron chi connectivity index (χ4n) is 0.824. The Morgan fingerprint density at radius 2 is 1.12 bits per heavy atom. The average molecular weight is 266 g/mol. The highest BCUT2D eigenvalue weighted by atomic mass is 31.2. The highest BCUT2D eigenvalue weighted by Crippen LogP contribution is 2.52. The summed E-state index contributed by atoms with van der Waals surface area (Å²) in [6.07, 6.45) is 0. The topological polar surface area (TPSA) is 55.8 Å². The van der Waals surface area contributed by atoms with Gasteiger partial charge in [-0.25, -0.2) is 4.57 Å². The second kappa shape index (κ2) is 5.40. The molecule has 4 nitrogen and oxygen atoms in total. The van der Waals surface area contributed by atoms with Gasteiger partial charge in [0, 0.05) is 0 Å². The van der Waals surface area contributed by atoms with Gasteiger partial charge in [-0.05, 0) is 39.5 Å². The zero-order valence-corrected chi connectivity index (χ0v) is 13.2. The summed E-state index contributed by atoms with van der Waals surface area (Å²) in [5.74, 6) is 0.238. The van der Waals surface area contributed by atoms with Gasteiger partial charge in [0.05, 0.1) is 11.2 Å². The minimum absolute atomic E-state index is 0.119. The first kappa shape index (κ1) is 17.1. The molecule has 0 aliphatic heterocycles. The van der Waals surface area contributed by atoms with Gasteiger partial charge in [0.25, 0.3) is 0 Å². The van der Waals surface area contributed by atoms with E-state index in [4.69, 9.17) is 9.05 Å². The maximum atomic E-state index is 12.0. The van der Waals surface area contributed by atoms with Gasteiger partial charge in [0.1, 0.15) is 0 Å². The van der Waals surface area contributed by atoms with E-state index in [2.05, 4.69) is 0 Å². The lowest BCUT2D eigenvalue weighted by Crippen LogP contribution is -2.34. The van der Waals surface area contributed by atoms with Crippen molar-refractivity contribution >= 4 is 7.82 Å². The molecule has 0 saturated carbocycles. The minimum atomic E-state index is -4.04. The molecule has 0 aromatic heterocycles. The first-order valence-electron chi connectivity index (χ1n) is 6.04. The number of hydrogen-bond acceptors (Lipinski definition) is 3. The smallest absolute Gasteiger partial charge is 0.302 e. The van der Waals surface area contributed by atoms with E-state index < -0.39 is 19.0 Å². The standard InChI is InChI=1S/C12H27O4P/c1-9(2)11(5,6)15-17(13,14)16-12(7,8)10(3)4/h9-10H,1-8H3,(H,13,14). The SMILES string of the molecule is CC(C)C(C)(C)OP(=O)(O)OC(C)(C)C(C)C. The number of phosphoric ester groups is 1. The fourth-order valence-corrected chi connectivity index (χ4v) is 2.47. The van der Waals surface area contributed by atoms with Crippen molar-refractivity contribution in [3.8, 4) is 0 Å². The van der Waals surface area contributed by atoms with Crippen LogP contribution in [-0.2, 0) is 13.6 Å². The fraction of sp³-hybridized carbons (Fsp3) is 1.00. The van der Waals surface area contributed by atoms with Crippen LogP contribution >= 0.6 is 7.82 Å². The molecule has 0 saturated heterocycles. The lowest BCUT2D eigenvalue weighted by molar-refractivity contribution is -0.0308. The molecule has 0 spiro atoms. The van der Waals surface area contributed by atoms with Crippen LogP contribution in [0.2, 0.25) is 0 Å². The van der Waals surface area contributed by atoms with Gasteiger partial charge in [0.2, 0.25) is 0 Å². The molecule has 0 aliphatic carbocycles. The number of rotatable bonds is 6. The van der Waals surface area contributed by atoms with Crippen molar-refractivity contribution in [1.29, 1.82) is 0 Å². The third kappa shape index (κ3) is 5.52. The molecule has 0 rings (SSSR count). The Balaban J connectivity index is 4.78. The summed E-state index contributed by atoms with van der Waals surface area (Å²) in [6.45, 7) is 14.9. The first-order chi connectivity index (χ1) is 7.30. The molecule has 5 heteroatoms. The van der Waals surface area contributed by atoms with Gasteiger partial charge in [-0.3, -0.25) is 9.05 Å². The van der Waals surface area contributed by atoms with Crippen molar-refractivity contribution in [3.05, 3.63) is 0 Å². The van der Waals surface area contributed by atoms with Crippen LogP contribution in [0.15, 0.2) is 0 Å². The zero-order valence-electron chi connectivity index (χ0n) is 12.3. The monoisotopic (exact) mass is 266 g/mol. The van der Waals surface area contributed by atoms with E-state index in [1.807, 2.05) is 27.7 Å². The quantitative estimate of drug-likeness (QED) is 0.738. The van der Waals surface area contributed by atoms with Crippen molar-refractivity contribution < 1.29 is 18.5 Å². The molecule has 0 atom stereocenters. The molecular formula is C12H27O4P. The van der Waals surface area contributed by atoms with Crippen molar-refractivity contribution in [3.63, 3.8) is 0 Å². The molecule has 0 heterocycles. The predicted octanol–water partition coefficient (Wildman–Crippen LogP) is 3.99. The highest BCUT2D eigenvalue weighted by Gasteiger charge is 2.39. The molecule has 0 aliphatic rings. The van der Waals surface area contributed by atoms with Crippen LogP contribution in [-0.4, -0.2) is 16.1 Å². The van der Waals surface area contributed by atoms with Gasteiger partial charge in [0.15, 0.2) is 0 Å². The van der Waals surface area contributed by atoms with Gasteiger partial charge in [-0.2, -0.15) is 0 Å². The third-order valence-corrected chi connectivity index (χ3v) is 4.88. The van der Waals surface area contributed by atoms with E-state index >= 15 is 0 Å². The second-order valence-electron chi connectivity index (χ2n) is 6.17. The number of phosphoric acid groups is 1. The largest absolute Gasteiger partial charge is 0.473 e. The van der Waals surface area contributed by atoms with Crippen LogP contribution in [0.5, 0.6) is 0 Å². The average Bonchev–Trinajstić information content (AvgIpc) is 1.98. The van der Waals surface area contributed by atoms with Crippen LogP contribution in [0.4, 0.5) is 0 Å². The molecule has 0 unspecified atom stereocenters. The van der Waals surface area contributed by atoms with Gasteiger partial charge in [-0.15, -0.1) is 0 Å². The van der Waals surface area contributed by atoms with E-state index in [1.165, 1.54) is 0 Å². The van der Waals surface area contributed by atoms with Gasteiger partial charge in [-0.1, -0.05) is 27.7 Å². The van der Waals surface area contributed by atoms with Crippen LogP contribution < -0.4 is 0 Å². The summed E-state index contributed by atoms with van der Waals surface area (Å²) in [7, 11) is -4.04. The number of hydrogen-bond donors (Lipinski definition) is 1. The zero-order chi connectivity index (χ0) is 14.1. The molecule has 104 valence electrons. The van der Waals surface area contributed by atoms with Crippen molar-refractivity contribution in [1.82, 2.24) is 0 Å². The molecule has 0 bridgehead atoms. The molecule has 0 radical (unpaired) electrons. The maximum absolute atomic E-state index is 12.0. The molecule has 1 N–H and O–H groups in total. The van der Waals surface area contributed by atoms with Crippen LogP contribution in [0, 0.1) is 11.8 Å². The lowest BCUT2D eigenvalue weighted by atomic mass is 9.95. The molecule has 17 heavy (non-hydrogen) atoms. The Bertz CT molecular complexity index is 269. The summed E-state index contributed by atoms with van der Waals surface area (Å²) < 4.78 is 22.5. The van der Waals surface area contributed by atoms with E-state index in [1.54, 1.807) is 27.7 Å². The second-order valence-corrected chi connectivity index (χ2v) is 7.47. The van der Waals surface area contributed by atoms with E-state index in [0.29, 0.717) is 0 Å². The van der Waals surface area contributed by atoms with Gasteiger partial charge < -0.3 is 4.89 Å². The van der Waals surface area contributed by atoms with Crippen molar-refractivity contribution in [2.45, 2.75) is 66.6 Å². The van der Waals surface area contributed by atoms with E-state index in [-0.39, 0.29) is 11.8 Å². The Hall–Kier alpha value is 0.110. The van der Waals surface area contributed by atoms with Crippen molar-refractivity contribution in [2.75, 3.05) is 0 Å². The molecule has 0 amide bonds. The summed E-state index contributed by atoms with van der Waals surface area (Å²) >= 11 is 0. The molecule has 0 aromatic carbocycles. The van der Waals surface area contributed by atoms with E-state index in [9.17, 15) is 9.46 Å². The minimum Gasteiger partial charge on any atom is -0.302 e. The summed E-state index contributed by atoms with van der Waals surface area (Å²) in [5, 5.41) is 0. The summed E-state index contributed by atoms with van der Waals surface area (Å²) in [6, 6.07) is 0. The van der Waals surface area contributed by atoms with E-state index in [0.717, 1.165) is 0 Å². The normalized spacial score (nSPS) is 14.8. The van der Waals surface area contributed by atoms with Crippen LogP contribution in [0.3, 0.4) is 0 Å². The molecule has 0 fully saturated rings.